The molecule has 0 atom stereocenters. The molecule has 0 bridgehead atoms. The van der Waals surface area contributed by atoms with E-state index in [4.69, 9.17) is 18.9 Å². The Bertz CT molecular complexity index is 1360. The fourth-order valence-corrected chi connectivity index (χ4v) is 5.51. The topological polar surface area (TPSA) is 137 Å². The van der Waals surface area contributed by atoms with Crippen LogP contribution in [0.25, 0.3) is 22.3 Å². The summed E-state index contributed by atoms with van der Waals surface area (Å²) in [7, 11) is 1.50. The first kappa shape index (κ1) is 25.4. The highest BCUT2D eigenvalue weighted by atomic mass is 16.7. The monoisotopic (exact) mass is 535 g/mol. The van der Waals surface area contributed by atoms with E-state index in [-0.39, 0.29) is 37.3 Å². The van der Waals surface area contributed by atoms with Crippen LogP contribution >= 0.6 is 0 Å². The van der Waals surface area contributed by atoms with Crippen molar-refractivity contribution in [2.75, 3.05) is 27.1 Å². The number of aromatic nitrogens is 3. The molecular weight excluding hydrogens is 502 g/mol. The summed E-state index contributed by atoms with van der Waals surface area (Å²) in [5, 5.41) is 6.13. The first-order chi connectivity index (χ1) is 19.1. The van der Waals surface area contributed by atoms with Gasteiger partial charge in [-0.15, -0.1) is 0 Å². The highest BCUT2D eigenvalue weighted by molar-refractivity contribution is 6.08. The molecule has 1 aromatic carbocycles. The second-order valence-corrected chi connectivity index (χ2v) is 10.5. The van der Waals surface area contributed by atoms with Crippen LogP contribution in [0.2, 0.25) is 0 Å². The number of fused-ring (bicyclic) bond motifs is 2. The Labute approximate surface area is 226 Å². The maximum Gasteiger partial charge on any atom is 0.255 e. The lowest BCUT2D eigenvalue weighted by molar-refractivity contribution is -0.125. The average molecular weight is 536 g/mol. The minimum Gasteiger partial charge on any atom is -0.492 e. The number of carbonyl (C=O) groups excluding carboxylic acids is 2. The van der Waals surface area contributed by atoms with Gasteiger partial charge in [0.05, 0.1) is 23.3 Å². The molecule has 3 heterocycles. The van der Waals surface area contributed by atoms with E-state index in [9.17, 15) is 9.59 Å². The number of methoxy groups -OCH3 is 1. The molecule has 2 aromatic heterocycles. The molecule has 3 N–H and O–H groups in total. The predicted molar refractivity (Wildman–Crippen MR) is 142 cm³/mol. The average Bonchev–Trinajstić information content (AvgIpc) is 3.56. The molecule has 3 aromatic rings. The van der Waals surface area contributed by atoms with Crippen molar-refractivity contribution in [2.45, 2.75) is 57.0 Å². The zero-order valence-corrected chi connectivity index (χ0v) is 22.0. The van der Waals surface area contributed by atoms with Gasteiger partial charge in [0.2, 0.25) is 12.7 Å². The number of nitrogens with one attached hydrogen (secondary N) is 3. The van der Waals surface area contributed by atoms with Gasteiger partial charge in [0.25, 0.3) is 5.91 Å². The first-order valence-corrected chi connectivity index (χ1v) is 13.6. The Morgan fingerprint density at radius 1 is 1.05 bits per heavy atom. The van der Waals surface area contributed by atoms with Crippen molar-refractivity contribution in [1.82, 2.24) is 25.6 Å². The zero-order chi connectivity index (χ0) is 26.8. The van der Waals surface area contributed by atoms with Crippen molar-refractivity contribution in [1.29, 1.82) is 0 Å². The molecule has 0 saturated heterocycles. The van der Waals surface area contributed by atoms with Crippen molar-refractivity contribution in [3.05, 3.63) is 30.2 Å². The Hall–Kier alpha value is -3.86. The van der Waals surface area contributed by atoms with Crippen LogP contribution in [0.15, 0.2) is 24.7 Å². The fourth-order valence-electron chi connectivity index (χ4n) is 5.51. The van der Waals surface area contributed by atoms with Gasteiger partial charge in [0.15, 0.2) is 11.5 Å². The normalized spacial score (nSPS) is 20.4. The largest absolute Gasteiger partial charge is 0.492 e. The molecule has 206 valence electrons. The molecule has 39 heavy (non-hydrogen) atoms. The molecule has 1 aliphatic heterocycles. The third-order valence-electron chi connectivity index (χ3n) is 7.85. The van der Waals surface area contributed by atoms with Crippen molar-refractivity contribution >= 4 is 22.8 Å². The number of hydrogen-bond donors (Lipinski definition) is 3. The summed E-state index contributed by atoms with van der Waals surface area (Å²) in [6, 6.07) is 3.86. The summed E-state index contributed by atoms with van der Waals surface area (Å²) < 4.78 is 22.6. The minimum atomic E-state index is -0.197. The highest BCUT2D eigenvalue weighted by Crippen LogP contribution is 2.48. The molecule has 11 nitrogen and oxygen atoms in total. The molecular formula is C28H33N5O6. The number of aromatic amines is 1. The molecule has 6 rings (SSSR count). The maximum atomic E-state index is 13.3. The van der Waals surface area contributed by atoms with Crippen LogP contribution in [0, 0.1) is 5.92 Å². The van der Waals surface area contributed by atoms with Gasteiger partial charge in [-0.1, -0.05) is 6.42 Å². The number of carbonyl (C=O) groups is 2. The smallest absolute Gasteiger partial charge is 0.255 e. The van der Waals surface area contributed by atoms with Crippen LogP contribution < -0.4 is 24.8 Å². The number of ether oxygens (including phenoxy) is 4. The van der Waals surface area contributed by atoms with E-state index < -0.39 is 0 Å². The lowest BCUT2D eigenvalue weighted by Crippen LogP contribution is -2.44. The summed E-state index contributed by atoms with van der Waals surface area (Å²) in [5.74, 6) is 2.13. The van der Waals surface area contributed by atoms with Crippen molar-refractivity contribution in [3.8, 4) is 28.5 Å². The van der Waals surface area contributed by atoms with Crippen LogP contribution in [0.5, 0.6) is 17.2 Å². The molecule has 3 aliphatic rings. The van der Waals surface area contributed by atoms with Crippen molar-refractivity contribution in [3.63, 3.8) is 0 Å². The Balaban J connectivity index is 1.21. The van der Waals surface area contributed by atoms with E-state index in [1.54, 1.807) is 6.20 Å². The molecule has 0 spiro atoms. The highest BCUT2D eigenvalue weighted by Gasteiger charge is 2.29. The van der Waals surface area contributed by atoms with Gasteiger partial charge in [0, 0.05) is 25.4 Å². The van der Waals surface area contributed by atoms with Gasteiger partial charge in [-0.25, -0.2) is 9.97 Å². The van der Waals surface area contributed by atoms with E-state index >= 15 is 0 Å². The van der Waals surface area contributed by atoms with Gasteiger partial charge < -0.3 is 34.6 Å². The second-order valence-electron chi connectivity index (χ2n) is 10.5. The third-order valence-corrected chi connectivity index (χ3v) is 7.85. The van der Waals surface area contributed by atoms with E-state index in [0.717, 1.165) is 25.7 Å². The summed E-state index contributed by atoms with van der Waals surface area (Å²) >= 11 is 0. The third kappa shape index (κ3) is 5.23. The van der Waals surface area contributed by atoms with Crippen molar-refractivity contribution in [2.24, 2.45) is 5.92 Å². The van der Waals surface area contributed by atoms with E-state index in [1.807, 2.05) is 12.1 Å². The summed E-state index contributed by atoms with van der Waals surface area (Å²) in [6.07, 6.45) is 9.88. The van der Waals surface area contributed by atoms with Crippen LogP contribution in [0.4, 0.5) is 0 Å². The summed E-state index contributed by atoms with van der Waals surface area (Å²) in [6.45, 7) is 0.817. The van der Waals surface area contributed by atoms with Crippen LogP contribution in [-0.4, -0.2) is 66.0 Å². The number of nitrogens with zero attached hydrogens (tertiary/aromatic N) is 2. The van der Waals surface area contributed by atoms with Gasteiger partial charge in [-0.3, -0.25) is 9.59 Å². The number of benzene rings is 1. The molecule has 2 aliphatic carbocycles. The van der Waals surface area contributed by atoms with E-state index in [1.165, 1.54) is 32.7 Å². The fraction of sp³-hybridized carbons (Fsp3) is 0.500. The van der Waals surface area contributed by atoms with Gasteiger partial charge in [-0.05, 0) is 56.6 Å². The number of H-pyrrole nitrogens is 1. The van der Waals surface area contributed by atoms with Crippen LogP contribution in [0.1, 0.15) is 55.3 Å². The molecule has 0 unspecified atom stereocenters. The van der Waals surface area contributed by atoms with E-state index in [0.29, 0.717) is 57.6 Å². The summed E-state index contributed by atoms with van der Waals surface area (Å²) in [4.78, 5) is 37.4. The predicted octanol–water partition coefficient (Wildman–Crippen LogP) is 3.34. The lowest BCUT2D eigenvalue weighted by Gasteiger charge is -2.29. The van der Waals surface area contributed by atoms with Crippen LogP contribution in [-0.2, 0) is 9.53 Å². The second kappa shape index (κ2) is 11.1. The number of hydrogen-bond acceptors (Lipinski definition) is 8. The maximum absolute atomic E-state index is 13.3. The molecule has 2 saturated carbocycles. The zero-order valence-electron chi connectivity index (χ0n) is 22.0. The molecule has 2 fully saturated rings. The van der Waals surface area contributed by atoms with Gasteiger partial charge >= 0.3 is 0 Å². The molecule has 11 heteroatoms. The number of amides is 2. The Kier molecular flexibility index (Phi) is 7.23. The number of rotatable bonds is 9. The molecule has 0 radical (unpaired) electrons. The SMILES string of the molecule is COCC(=O)N[C@H]1CC[C@H](NC(=O)c2c[nH]c3c(-c4c(OCC5CCC5)ccc5c4OCO5)ncnc23)CC1. The Morgan fingerprint density at radius 3 is 2.59 bits per heavy atom. The standard InChI is InChI=1S/C28H33N5O6/c1-36-13-22(34)32-17-5-7-18(8-6-17)33-28(35)19-11-29-26-24(19)30-14-31-25(26)23-20(37-12-16-3-2-4-16)9-10-21-27(23)39-15-38-21/h9-11,14,16-18,29H,2-8,12-13,15H2,1H3,(H,32,34)(H,33,35)/t17-,18-. The molecule has 2 amide bonds. The summed E-state index contributed by atoms with van der Waals surface area (Å²) in [5.41, 5.74) is 2.90. The van der Waals surface area contributed by atoms with Crippen LogP contribution in [0.3, 0.4) is 0 Å². The van der Waals surface area contributed by atoms with E-state index in [2.05, 4.69) is 25.6 Å². The van der Waals surface area contributed by atoms with Crippen molar-refractivity contribution < 1.29 is 28.5 Å². The minimum absolute atomic E-state index is 0.0220. The Morgan fingerprint density at radius 2 is 1.85 bits per heavy atom. The van der Waals surface area contributed by atoms with Gasteiger partial charge in [0.1, 0.15) is 29.9 Å². The first-order valence-electron chi connectivity index (χ1n) is 13.6. The lowest BCUT2D eigenvalue weighted by atomic mass is 9.86. The quantitative estimate of drug-likeness (QED) is 0.380. The van der Waals surface area contributed by atoms with Gasteiger partial charge in [-0.2, -0.15) is 0 Å².